The van der Waals surface area contributed by atoms with E-state index in [2.05, 4.69) is 15.6 Å². The lowest BCUT2D eigenvalue weighted by molar-refractivity contribution is -0.143. The van der Waals surface area contributed by atoms with Crippen molar-refractivity contribution in [2.24, 2.45) is 4.99 Å². The highest BCUT2D eigenvalue weighted by molar-refractivity contribution is 5.79. The average molecular weight is 374 g/mol. The average Bonchev–Trinajstić information content (AvgIpc) is 3.34. The van der Waals surface area contributed by atoms with Gasteiger partial charge < -0.3 is 10.6 Å². The minimum atomic E-state index is -4.18. The van der Waals surface area contributed by atoms with Crippen LogP contribution in [0.3, 0.4) is 0 Å². The van der Waals surface area contributed by atoms with Crippen LogP contribution in [-0.4, -0.2) is 57.3 Å². The Bertz CT molecular complexity index is 611. The molecule has 26 heavy (non-hydrogen) atoms. The van der Waals surface area contributed by atoms with Crippen molar-refractivity contribution in [3.8, 4) is 0 Å². The number of nitrogens with one attached hydrogen (secondary N) is 2. The van der Waals surface area contributed by atoms with Gasteiger partial charge in [-0.25, -0.2) is 4.39 Å². The lowest BCUT2D eigenvalue weighted by atomic mass is 9.95. The first-order chi connectivity index (χ1) is 12.3. The zero-order valence-corrected chi connectivity index (χ0v) is 15.2. The molecule has 1 aromatic carbocycles. The second-order valence-corrected chi connectivity index (χ2v) is 6.82. The Morgan fingerprint density at radius 1 is 1.23 bits per heavy atom. The highest BCUT2D eigenvalue weighted by Crippen LogP contribution is 2.48. The summed E-state index contributed by atoms with van der Waals surface area (Å²) in [6, 6.07) is 6.80. The summed E-state index contributed by atoms with van der Waals surface area (Å²) >= 11 is 0. The predicted molar refractivity (Wildman–Crippen MR) is 94.8 cm³/mol. The summed E-state index contributed by atoms with van der Waals surface area (Å²) < 4.78 is 50.8. The zero-order chi connectivity index (χ0) is 19.2. The van der Waals surface area contributed by atoms with Gasteiger partial charge in [-0.2, -0.15) is 13.2 Å². The largest absolute Gasteiger partial charge is 0.401 e. The summed E-state index contributed by atoms with van der Waals surface area (Å²) in [5.41, 5.74) is 0.521. The summed E-state index contributed by atoms with van der Waals surface area (Å²) in [6.45, 7) is 0.504. The number of hydrogen-bond acceptors (Lipinski definition) is 2. The fourth-order valence-corrected chi connectivity index (χ4v) is 3.00. The normalized spacial score (nSPS) is 16.7. The number of aliphatic imine (C=N–C) groups is 1. The van der Waals surface area contributed by atoms with Gasteiger partial charge in [-0.15, -0.1) is 0 Å². The molecule has 0 spiro atoms. The maximum atomic E-state index is 14.0. The lowest BCUT2D eigenvalue weighted by Crippen LogP contribution is -2.42. The number of nitrogens with zero attached hydrogens (tertiary/aromatic N) is 2. The minimum absolute atomic E-state index is 0.192. The van der Waals surface area contributed by atoms with E-state index in [1.165, 1.54) is 18.0 Å². The van der Waals surface area contributed by atoms with E-state index >= 15 is 0 Å². The fraction of sp³-hybridized carbons (Fsp3) is 0.611. The number of rotatable bonds is 8. The Kier molecular flexibility index (Phi) is 6.86. The highest BCUT2D eigenvalue weighted by atomic mass is 19.4. The Morgan fingerprint density at radius 3 is 2.50 bits per heavy atom. The van der Waals surface area contributed by atoms with E-state index in [9.17, 15) is 17.6 Å². The SMILES string of the molecule is CN=C(NCCCN(C)CC(F)(F)F)NCC1(c2ccccc2F)CC1. The van der Waals surface area contributed by atoms with Crippen LogP contribution in [0.15, 0.2) is 29.3 Å². The Balaban J connectivity index is 1.73. The molecule has 146 valence electrons. The summed E-state index contributed by atoms with van der Waals surface area (Å²) in [7, 11) is 3.08. The quantitative estimate of drug-likeness (QED) is 0.318. The van der Waals surface area contributed by atoms with Crippen LogP contribution in [0.1, 0.15) is 24.8 Å². The molecule has 4 nitrogen and oxygen atoms in total. The summed E-state index contributed by atoms with van der Waals surface area (Å²) in [5.74, 6) is 0.383. The smallest absolute Gasteiger partial charge is 0.356 e. The summed E-state index contributed by atoms with van der Waals surface area (Å²) in [6.07, 6.45) is -1.78. The van der Waals surface area contributed by atoms with Crippen molar-refractivity contribution in [2.45, 2.75) is 30.9 Å². The molecule has 1 aliphatic carbocycles. The molecule has 0 heterocycles. The predicted octanol–water partition coefficient (Wildman–Crippen LogP) is 2.91. The van der Waals surface area contributed by atoms with Crippen LogP contribution in [0.2, 0.25) is 0 Å². The van der Waals surface area contributed by atoms with E-state index in [0.717, 1.165) is 18.4 Å². The van der Waals surface area contributed by atoms with Crippen LogP contribution in [0.5, 0.6) is 0 Å². The van der Waals surface area contributed by atoms with E-state index < -0.39 is 12.7 Å². The molecule has 1 aliphatic rings. The Morgan fingerprint density at radius 2 is 1.92 bits per heavy atom. The lowest BCUT2D eigenvalue weighted by Gasteiger charge is -2.21. The topological polar surface area (TPSA) is 39.7 Å². The standard InChI is InChI=1S/C18H26F4N4/c1-23-16(24-10-5-11-26(2)13-18(20,21)22)25-12-17(8-9-17)14-6-3-4-7-15(14)19/h3-4,6-7H,5,8-13H2,1-2H3,(H2,23,24,25). The van der Waals surface area contributed by atoms with Crippen LogP contribution in [0, 0.1) is 5.82 Å². The molecule has 1 fully saturated rings. The molecule has 2 N–H and O–H groups in total. The fourth-order valence-electron chi connectivity index (χ4n) is 3.00. The Hall–Kier alpha value is -1.83. The van der Waals surface area contributed by atoms with Crippen molar-refractivity contribution in [1.82, 2.24) is 15.5 Å². The third-order valence-corrected chi connectivity index (χ3v) is 4.57. The number of halogens is 4. The van der Waals surface area contributed by atoms with E-state index in [4.69, 9.17) is 0 Å². The molecule has 0 saturated heterocycles. The van der Waals surface area contributed by atoms with Crippen LogP contribution < -0.4 is 10.6 Å². The molecule has 1 aromatic rings. The summed E-state index contributed by atoms with van der Waals surface area (Å²) in [5, 5.41) is 6.29. The molecule has 0 bridgehead atoms. The van der Waals surface area contributed by atoms with Gasteiger partial charge in [-0.1, -0.05) is 18.2 Å². The number of alkyl halides is 3. The van der Waals surface area contributed by atoms with Crippen molar-refractivity contribution >= 4 is 5.96 Å². The third-order valence-electron chi connectivity index (χ3n) is 4.57. The van der Waals surface area contributed by atoms with Crippen LogP contribution in [-0.2, 0) is 5.41 Å². The van der Waals surface area contributed by atoms with E-state index in [1.807, 2.05) is 12.1 Å². The first-order valence-corrected chi connectivity index (χ1v) is 8.71. The van der Waals surface area contributed by atoms with Gasteiger partial charge in [0.1, 0.15) is 5.82 Å². The zero-order valence-electron chi connectivity index (χ0n) is 15.2. The molecule has 8 heteroatoms. The molecule has 0 aliphatic heterocycles. The van der Waals surface area contributed by atoms with E-state index in [0.29, 0.717) is 32.0 Å². The van der Waals surface area contributed by atoms with Gasteiger partial charge in [0, 0.05) is 25.6 Å². The second kappa shape index (κ2) is 8.70. The molecule has 0 atom stereocenters. The summed E-state index contributed by atoms with van der Waals surface area (Å²) in [4.78, 5) is 5.36. The van der Waals surface area contributed by atoms with Crippen molar-refractivity contribution in [2.75, 3.05) is 40.3 Å². The number of guanidine groups is 1. The van der Waals surface area contributed by atoms with Crippen LogP contribution in [0.25, 0.3) is 0 Å². The number of hydrogen-bond donors (Lipinski definition) is 2. The molecular formula is C18H26F4N4. The van der Waals surface area contributed by atoms with Gasteiger partial charge in [0.05, 0.1) is 6.54 Å². The highest BCUT2D eigenvalue weighted by Gasteiger charge is 2.45. The van der Waals surface area contributed by atoms with Gasteiger partial charge in [0.15, 0.2) is 5.96 Å². The molecular weight excluding hydrogens is 348 g/mol. The molecule has 0 radical (unpaired) electrons. The van der Waals surface area contributed by atoms with Crippen LogP contribution >= 0.6 is 0 Å². The first kappa shape index (κ1) is 20.5. The van der Waals surface area contributed by atoms with Gasteiger partial charge in [0.2, 0.25) is 0 Å². The molecule has 2 rings (SSSR count). The van der Waals surface area contributed by atoms with E-state index in [-0.39, 0.29) is 11.2 Å². The first-order valence-electron chi connectivity index (χ1n) is 8.71. The molecule has 0 unspecified atom stereocenters. The van der Waals surface area contributed by atoms with Crippen LogP contribution in [0.4, 0.5) is 17.6 Å². The maximum Gasteiger partial charge on any atom is 0.401 e. The van der Waals surface area contributed by atoms with Gasteiger partial charge >= 0.3 is 6.18 Å². The third kappa shape index (κ3) is 6.16. The van der Waals surface area contributed by atoms with E-state index in [1.54, 1.807) is 13.1 Å². The van der Waals surface area contributed by atoms with Gasteiger partial charge in [0.25, 0.3) is 0 Å². The minimum Gasteiger partial charge on any atom is -0.356 e. The van der Waals surface area contributed by atoms with Crippen molar-refractivity contribution in [1.29, 1.82) is 0 Å². The number of benzene rings is 1. The van der Waals surface area contributed by atoms with Crippen molar-refractivity contribution < 1.29 is 17.6 Å². The van der Waals surface area contributed by atoms with Crippen molar-refractivity contribution in [3.63, 3.8) is 0 Å². The molecule has 1 saturated carbocycles. The van der Waals surface area contributed by atoms with Gasteiger partial charge in [-0.05, 0) is 44.5 Å². The maximum absolute atomic E-state index is 14.0. The molecule has 0 aromatic heterocycles. The second-order valence-electron chi connectivity index (χ2n) is 6.82. The van der Waals surface area contributed by atoms with Gasteiger partial charge in [-0.3, -0.25) is 9.89 Å². The molecule has 0 amide bonds. The van der Waals surface area contributed by atoms with Crippen molar-refractivity contribution in [3.05, 3.63) is 35.6 Å². The Labute approximate surface area is 151 Å². The monoisotopic (exact) mass is 374 g/mol.